The minimum absolute atomic E-state index is 0.139. The second-order valence-corrected chi connectivity index (χ2v) is 6.38. The summed E-state index contributed by atoms with van der Waals surface area (Å²) in [6.07, 6.45) is 0.478. The summed E-state index contributed by atoms with van der Waals surface area (Å²) in [5.41, 5.74) is 10.7. The lowest BCUT2D eigenvalue weighted by Crippen LogP contribution is -2.24. The summed E-state index contributed by atoms with van der Waals surface area (Å²) in [5, 5.41) is 5.64. The minimum atomic E-state index is 0.139. The molecule has 0 N–H and O–H groups in total. The molecule has 1 aromatic heterocycles. The molecule has 0 radical (unpaired) electrons. The number of nitrogens with zero attached hydrogens (tertiary/aromatic N) is 4. The number of thiophene rings is 1. The number of hydrogen-bond acceptors (Lipinski definition) is 3. The van der Waals surface area contributed by atoms with Crippen LogP contribution in [0.1, 0.15) is 12.0 Å². The molecule has 1 atom stereocenters. The van der Waals surface area contributed by atoms with Crippen molar-refractivity contribution in [3.05, 3.63) is 57.8 Å². The van der Waals surface area contributed by atoms with Crippen LogP contribution in [-0.4, -0.2) is 23.9 Å². The second-order valence-electron chi connectivity index (χ2n) is 5.43. The number of azide groups is 1. The van der Waals surface area contributed by atoms with Crippen molar-refractivity contribution in [2.75, 3.05) is 13.1 Å². The zero-order chi connectivity index (χ0) is 15.4. The molecular formula is C16H16N4OS. The molecule has 0 spiro atoms. The molecule has 3 rings (SSSR count). The van der Waals surface area contributed by atoms with Crippen molar-refractivity contribution in [3.63, 3.8) is 0 Å². The molecular weight excluding hydrogens is 296 g/mol. The molecule has 1 aliphatic rings. The van der Waals surface area contributed by atoms with Gasteiger partial charge in [0, 0.05) is 35.8 Å². The van der Waals surface area contributed by atoms with E-state index in [9.17, 15) is 4.79 Å². The van der Waals surface area contributed by atoms with E-state index in [1.807, 2.05) is 11.0 Å². The number of rotatable bonds is 5. The second kappa shape index (κ2) is 6.64. The Morgan fingerprint density at radius 1 is 1.32 bits per heavy atom. The molecule has 22 heavy (non-hydrogen) atoms. The van der Waals surface area contributed by atoms with E-state index in [0.717, 1.165) is 5.56 Å². The summed E-state index contributed by atoms with van der Waals surface area (Å²) in [7, 11) is 0. The van der Waals surface area contributed by atoms with Gasteiger partial charge in [-0.3, -0.25) is 4.79 Å². The molecule has 1 aromatic carbocycles. The minimum Gasteiger partial charge on any atom is -0.338 e. The van der Waals surface area contributed by atoms with Gasteiger partial charge in [-0.25, -0.2) is 0 Å². The molecule has 1 amide bonds. The Labute approximate surface area is 132 Å². The Morgan fingerprint density at radius 3 is 2.82 bits per heavy atom. The zero-order valence-electron chi connectivity index (χ0n) is 12.1. The summed E-state index contributed by atoms with van der Waals surface area (Å²) < 4.78 is 0. The van der Waals surface area contributed by atoms with Gasteiger partial charge in [0.25, 0.3) is 0 Å². The molecule has 0 bridgehead atoms. The summed E-state index contributed by atoms with van der Waals surface area (Å²) in [6.45, 7) is 1.69. The Kier molecular flexibility index (Phi) is 4.42. The predicted molar refractivity (Wildman–Crippen MR) is 87.3 cm³/mol. The van der Waals surface area contributed by atoms with Crippen molar-refractivity contribution in [2.45, 2.75) is 13.0 Å². The van der Waals surface area contributed by atoms with E-state index in [0.29, 0.717) is 26.1 Å². The predicted octanol–water partition coefficient (Wildman–Crippen LogP) is 4.07. The maximum absolute atomic E-state index is 12.0. The Hall–Kier alpha value is -2.30. The van der Waals surface area contributed by atoms with Gasteiger partial charge in [-0.15, -0.1) is 11.3 Å². The first-order chi connectivity index (χ1) is 10.8. The molecule has 0 saturated carbocycles. The largest absolute Gasteiger partial charge is 0.338 e. The lowest BCUT2D eigenvalue weighted by molar-refractivity contribution is -0.128. The molecule has 112 valence electrons. The number of hydrogen-bond donors (Lipinski definition) is 0. The molecule has 2 aromatic rings. The molecule has 0 aliphatic carbocycles. The van der Waals surface area contributed by atoms with Gasteiger partial charge in [-0.1, -0.05) is 35.4 Å². The smallest absolute Gasteiger partial charge is 0.223 e. The van der Waals surface area contributed by atoms with Crippen molar-refractivity contribution in [1.82, 2.24) is 4.90 Å². The topological polar surface area (TPSA) is 69.1 Å². The monoisotopic (exact) mass is 312 g/mol. The fourth-order valence-corrected chi connectivity index (χ4v) is 3.45. The zero-order valence-corrected chi connectivity index (χ0v) is 12.9. The van der Waals surface area contributed by atoms with Crippen molar-refractivity contribution in [1.29, 1.82) is 0 Å². The first kappa shape index (κ1) is 14.6. The molecule has 2 heterocycles. The SMILES string of the molecule is [N-]=[N+]=NCC1CC(=O)N(Cc2ccc(-c3cccs3)cc2)C1. The maximum Gasteiger partial charge on any atom is 0.223 e. The molecule has 5 nitrogen and oxygen atoms in total. The van der Waals surface area contributed by atoms with Crippen LogP contribution in [0, 0.1) is 5.92 Å². The van der Waals surface area contributed by atoms with Gasteiger partial charge in [0.1, 0.15) is 0 Å². The fraction of sp³-hybridized carbons (Fsp3) is 0.312. The third-order valence-corrected chi connectivity index (χ3v) is 4.75. The van der Waals surface area contributed by atoms with E-state index in [1.165, 1.54) is 10.4 Å². The lowest BCUT2D eigenvalue weighted by atomic mass is 10.1. The number of carbonyl (C=O) groups excluding carboxylic acids is 1. The summed E-state index contributed by atoms with van der Waals surface area (Å²) in [4.78, 5) is 17.9. The summed E-state index contributed by atoms with van der Waals surface area (Å²) in [5.74, 6) is 0.286. The number of carbonyl (C=O) groups is 1. The van der Waals surface area contributed by atoms with Gasteiger partial charge in [-0.2, -0.15) is 0 Å². The first-order valence-electron chi connectivity index (χ1n) is 7.17. The normalized spacial score (nSPS) is 17.5. The number of likely N-dealkylation sites (tertiary alicyclic amines) is 1. The van der Waals surface area contributed by atoms with Crippen LogP contribution in [0.15, 0.2) is 46.9 Å². The van der Waals surface area contributed by atoms with E-state index in [4.69, 9.17) is 5.53 Å². The molecule has 1 unspecified atom stereocenters. The van der Waals surface area contributed by atoms with Crippen molar-refractivity contribution >= 4 is 17.2 Å². The van der Waals surface area contributed by atoms with Crippen LogP contribution in [0.25, 0.3) is 20.9 Å². The standard InChI is InChI=1S/C16H16N4OS/c17-19-18-9-13-8-16(21)20(11-13)10-12-3-5-14(6-4-12)15-2-1-7-22-15/h1-7,13H,8-11H2. The van der Waals surface area contributed by atoms with E-state index in [1.54, 1.807) is 11.3 Å². The quantitative estimate of drug-likeness (QED) is 0.466. The van der Waals surface area contributed by atoms with Crippen LogP contribution < -0.4 is 0 Å². The highest BCUT2D eigenvalue weighted by Crippen LogP contribution is 2.26. The third kappa shape index (κ3) is 3.30. The van der Waals surface area contributed by atoms with Gasteiger partial charge in [0.2, 0.25) is 5.91 Å². The molecule has 1 aliphatic heterocycles. The van der Waals surface area contributed by atoms with Crippen molar-refractivity contribution < 1.29 is 4.79 Å². The van der Waals surface area contributed by atoms with Gasteiger partial charge < -0.3 is 4.90 Å². The van der Waals surface area contributed by atoms with E-state index >= 15 is 0 Å². The van der Waals surface area contributed by atoms with Gasteiger partial charge in [0.15, 0.2) is 0 Å². The Balaban J connectivity index is 1.63. The average molecular weight is 312 g/mol. The van der Waals surface area contributed by atoms with Crippen LogP contribution >= 0.6 is 11.3 Å². The van der Waals surface area contributed by atoms with Crippen LogP contribution in [0.5, 0.6) is 0 Å². The highest BCUT2D eigenvalue weighted by atomic mass is 32.1. The Morgan fingerprint density at radius 2 is 2.14 bits per heavy atom. The highest BCUT2D eigenvalue weighted by Gasteiger charge is 2.28. The molecule has 1 fully saturated rings. The van der Waals surface area contributed by atoms with E-state index < -0.39 is 0 Å². The summed E-state index contributed by atoms with van der Waals surface area (Å²) >= 11 is 1.72. The van der Waals surface area contributed by atoms with Crippen LogP contribution in [-0.2, 0) is 11.3 Å². The van der Waals surface area contributed by atoms with Gasteiger partial charge in [0.05, 0.1) is 0 Å². The number of amides is 1. The summed E-state index contributed by atoms with van der Waals surface area (Å²) in [6, 6.07) is 12.5. The van der Waals surface area contributed by atoms with Crippen LogP contribution in [0.4, 0.5) is 0 Å². The first-order valence-corrected chi connectivity index (χ1v) is 8.05. The third-order valence-electron chi connectivity index (χ3n) is 3.83. The highest BCUT2D eigenvalue weighted by molar-refractivity contribution is 7.13. The Bertz CT molecular complexity index is 689. The van der Waals surface area contributed by atoms with E-state index in [-0.39, 0.29) is 11.8 Å². The van der Waals surface area contributed by atoms with Crippen molar-refractivity contribution in [2.24, 2.45) is 11.0 Å². The molecule has 6 heteroatoms. The van der Waals surface area contributed by atoms with Gasteiger partial charge >= 0.3 is 0 Å². The van der Waals surface area contributed by atoms with Crippen molar-refractivity contribution in [3.8, 4) is 10.4 Å². The van der Waals surface area contributed by atoms with Gasteiger partial charge in [-0.05, 0) is 34.0 Å². The van der Waals surface area contributed by atoms with E-state index in [2.05, 4.69) is 45.7 Å². The average Bonchev–Trinajstić information content (AvgIpc) is 3.17. The van der Waals surface area contributed by atoms with Crippen LogP contribution in [0.2, 0.25) is 0 Å². The lowest BCUT2D eigenvalue weighted by Gasteiger charge is -2.16. The van der Waals surface area contributed by atoms with Crippen LogP contribution in [0.3, 0.4) is 0 Å². The fourth-order valence-electron chi connectivity index (χ4n) is 2.72. The number of benzene rings is 1. The molecule has 1 saturated heterocycles. The maximum atomic E-state index is 12.0.